The number of halogens is 1. The van der Waals surface area contributed by atoms with Crippen LogP contribution in [0, 0.1) is 12.3 Å². The highest BCUT2D eigenvalue weighted by Crippen LogP contribution is 2.39. The number of hydrogen-bond donors (Lipinski definition) is 0. The predicted molar refractivity (Wildman–Crippen MR) is 134 cm³/mol. The first kappa shape index (κ1) is 24.8. The Balaban J connectivity index is 1.82. The van der Waals surface area contributed by atoms with Crippen LogP contribution in [0.4, 0.5) is 5.69 Å². The number of carbonyl (C=O) groups excluding carboxylic acids is 1. The van der Waals surface area contributed by atoms with E-state index in [4.69, 9.17) is 37.2 Å². The summed E-state index contributed by atoms with van der Waals surface area (Å²) in [5.74, 6) is 4.13. The average molecular weight is 487 g/mol. The van der Waals surface area contributed by atoms with Crippen molar-refractivity contribution in [2.75, 3.05) is 26.9 Å². The number of ether oxygens (including phenoxy) is 3. The molecule has 3 rings (SSSR count). The molecule has 0 aliphatic carbocycles. The van der Waals surface area contributed by atoms with Crippen LogP contribution in [0.3, 0.4) is 0 Å². The lowest BCUT2D eigenvalue weighted by Gasteiger charge is -2.16. The number of methoxy groups -OCH3 is 1. The average Bonchev–Trinajstić information content (AvgIpc) is 3.08. The molecule has 1 atom stereocenters. The molecule has 1 aliphatic rings. The second-order valence-corrected chi connectivity index (χ2v) is 8.80. The van der Waals surface area contributed by atoms with Crippen molar-refractivity contribution in [3.8, 4) is 29.6 Å². The smallest absolute Gasteiger partial charge is 0.242 e. The highest BCUT2D eigenvalue weighted by Gasteiger charge is 2.37. The van der Waals surface area contributed by atoms with Gasteiger partial charge in [0.15, 0.2) is 16.7 Å². The van der Waals surface area contributed by atoms with Crippen molar-refractivity contribution in [1.29, 1.82) is 0 Å². The number of amidine groups is 1. The Bertz CT molecular complexity index is 1050. The highest BCUT2D eigenvalue weighted by atomic mass is 35.5. The van der Waals surface area contributed by atoms with Crippen LogP contribution < -0.4 is 14.2 Å². The molecule has 1 saturated heterocycles. The van der Waals surface area contributed by atoms with Gasteiger partial charge in [0.2, 0.25) is 5.91 Å². The van der Waals surface area contributed by atoms with Crippen molar-refractivity contribution in [1.82, 2.24) is 4.90 Å². The Hall–Kier alpha value is -2.82. The first-order chi connectivity index (χ1) is 16.0. The number of carbonyl (C=O) groups is 1. The number of aliphatic imine (C=N–C) groups is 1. The number of rotatable bonds is 10. The molecule has 0 bridgehead atoms. The molecule has 1 fully saturated rings. The summed E-state index contributed by atoms with van der Waals surface area (Å²) in [7, 11) is 1.54. The fourth-order valence-corrected chi connectivity index (χ4v) is 4.92. The minimum absolute atomic E-state index is 0.0364. The summed E-state index contributed by atoms with van der Waals surface area (Å²) in [5.41, 5.74) is 1.64. The maximum absolute atomic E-state index is 13.2. The maximum atomic E-state index is 13.2. The van der Waals surface area contributed by atoms with Crippen LogP contribution in [-0.2, 0) is 11.2 Å². The highest BCUT2D eigenvalue weighted by molar-refractivity contribution is 8.15. The normalized spacial score (nSPS) is 16.7. The zero-order valence-electron chi connectivity index (χ0n) is 19.0. The van der Waals surface area contributed by atoms with Gasteiger partial charge in [0.1, 0.15) is 12.4 Å². The maximum Gasteiger partial charge on any atom is 0.242 e. The third kappa shape index (κ3) is 6.16. The zero-order valence-corrected chi connectivity index (χ0v) is 20.5. The molecule has 0 spiro atoms. The summed E-state index contributed by atoms with van der Waals surface area (Å²) in [6.07, 6.45) is 6.60. The van der Waals surface area contributed by atoms with Gasteiger partial charge in [-0.2, -0.15) is 0 Å². The van der Waals surface area contributed by atoms with Crippen LogP contribution in [0.25, 0.3) is 0 Å². The van der Waals surface area contributed by atoms with Crippen molar-refractivity contribution in [2.45, 2.75) is 31.9 Å². The minimum atomic E-state index is -0.309. The summed E-state index contributed by atoms with van der Waals surface area (Å²) in [4.78, 5) is 19.7. The number of hydrogen-bond acceptors (Lipinski definition) is 6. The fourth-order valence-electron chi connectivity index (χ4n) is 3.41. The van der Waals surface area contributed by atoms with E-state index in [0.717, 1.165) is 23.4 Å². The molecule has 0 unspecified atom stereocenters. The molecule has 0 aromatic heterocycles. The summed E-state index contributed by atoms with van der Waals surface area (Å²) in [6, 6.07) is 11.2. The Morgan fingerprint density at radius 3 is 2.61 bits per heavy atom. The first-order valence-corrected chi connectivity index (χ1v) is 12.0. The molecule has 174 valence electrons. The van der Waals surface area contributed by atoms with Crippen LogP contribution in [0.15, 0.2) is 41.4 Å². The lowest BCUT2D eigenvalue weighted by molar-refractivity contribution is -0.126. The quantitative estimate of drug-likeness (QED) is 0.424. The van der Waals surface area contributed by atoms with Crippen molar-refractivity contribution < 1.29 is 19.0 Å². The van der Waals surface area contributed by atoms with Crippen LogP contribution in [-0.4, -0.2) is 48.1 Å². The van der Waals surface area contributed by atoms with E-state index in [1.165, 1.54) is 18.9 Å². The second-order valence-electron chi connectivity index (χ2n) is 7.22. The van der Waals surface area contributed by atoms with Crippen LogP contribution in [0.1, 0.15) is 25.8 Å². The molecule has 33 heavy (non-hydrogen) atoms. The van der Waals surface area contributed by atoms with E-state index in [9.17, 15) is 4.79 Å². The van der Waals surface area contributed by atoms with E-state index < -0.39 is 0 Å². The van der Waals surface area contributed by atoms with Gasteiger partial charge in [-0.25, -0.2) is 4.99 Å². The molecule has 0 saturated carbocycles. The SMILES string of the molecule is C#CCOc1c(Cl)cc(C[C@@H]2SC(=Nc3ccc(OCC)cc3)N(CCC)C2=O)cc1OC. The molecule has 8 heteroatoms. The molecular weight excluding hydrogens is 460 g/mol. The number of nitrogens with zero attached hydrogens (tertiary/aromatic N) is 2. The Kier molecular flexibility index (Phi) is 8.93. The Morgan fingerprint density at radius 1 is 1.21 bits per heavy atom. The summed E-state index contributed by atoms with van der Waals surface area (Å²) in [5, 5.41) is 0.781. The van der Waals surface area contributed by atoms with Gasteiger partial charge < -0.3 is 14.2 Å². The van der Waals surface area contributed by atoms with Crippen molar-refractivity contribution in [2.24, 2.45) is 4.99 Å². The lowest BCUT2D eigenvalue weighted by Crippen LogP contribution is -2.33. The molecule has 1 heterocycles. The third-order valence-corrected chi connectivity index (χ3v) is 6.31. The first-order valence-electron chi connectivity index (χ1n) is 10.7. The number of amides is 1. The largest absolute Gasteiger partial charge is 0.494 e. The van der Waals surface area contributed by atoms with E-state index in [1.54, 1.807) is 11.0 Å². The fraction of sp³-hybridized carbons (Fsp3) is 0.360. The molecule has 2 aromatic rings. The van der Waals surface area contributed by atoms with E-state index in [0.29, 0.717) is 41.3 Å². The summed E-state index contributed by atoms with van der Waals surface area (Å²) >= 11 is 7.87. The molecule has 2 aromatic carbocycles. The van der Waals surface area contributed by atoms with Crippen molar-refractivity contribution >= 4 is 40.1 Å². The molecule has 6 nitrogen and oxygen atoms in total. The van der Waals surface area contributed by atoms with Gasteiger partial charge in [0, 0.05) is 6.54 Å². The Morgan fingerprint density at radius 2 is 1.97 bits per heavy atom. The topological polar surface area (TPSA) is 60.4 Å². The van der Waals surface area contributed by atoms with Gasteiger partial charge in [-0.1, -0.05) is 36.2 Å². The van der Waals surface area contributed by atoms with E-state index >= 15 is 0 Å². The van der Waals surface area contributed by atoms with Gasteiger partial charge in [-0.05, 0) is 61.7 Å². The minimum Gasteiger partial charge on any atom is -0.494 e. The molecule has 0 N–H and O–H groups in total. The molecule has 1 aliphatic heterocycles. The summed E-state index contributed by atoms with van der Waals surface area (Å²) < 4.78 is 16.4. The predicted octanol–water partition coefficient (Wildman–Crippen LogP) is 5.34. The second kappa shape index (κ2) is 11.9. The van der Waals surface area contributed by atoms with Crippen LogP contribution in [0.2, 0.25) is 5.02 Å². The van der Waals surface area contributed by atoms with Gasteiger partial charge in [-0.15, -0.1) is 6.42 Å². The lowest BCUT2D eigenvalue weighted by atomic mass is 10.1. The summed E-state index contributed by atoms with van der Waals surface area (Å²) in [6.45, 7) is 5.29. The molecular formula is C25H27ClN2O4S. The van der Waals surface area contributed by atoms with E-state index in [1.807, 2.05) is 44.2 Å². The van der Waals surface area contributed by atoms with Crippen molar-refractivity contribution in [3.05, 3.63) is 47.0 Å². The van der Waals surface area contributed by atoms with Crippen molar-refractivity contribution in [3.63, 3.8) is 0 Å². The monoisotopic (exact) mass is 486 g/mol. The number of benzene rings is 2. The van der Waals surface area contributed by atoms with E-state index in [2.05, 4.69) is 5.92 Å². The Labute approximate surface area is 204 Å². The number of thioether (sulfide) groups is 1. The van der Waals surface area contributed by atoms with Crippen LogP contribution in [0.5, 0.6) is 17.2 Å². The van der Waals surface area contributed by atoms with Crippen LogP contribution >= 0.6 is 23.4 Å². The number of terminal acetylenes is 1. The molecule has 0 radical (unpaired) electrons. The third-order valence-electron chi connectivity index (χ3n) is 4.85. The van der Waals surface area contributed by atoms with E-state index in [-0.39, 0.29) is 17.8 Å². The standard InChI is InChI=1S/C25H27ClN2O4S/c1-5-12-28-24(29)22(33-25(28)27-18-8-10-19(11-9-18)31-7-3)16-17-14-20(26)23(32-13-6-2)21(15-17)30-4/h2,8-11,14-15,22H,5,7,12-13,16H2,1,3-4H3/t22-/m0/s1. The van der Waals surface area contributed by atoms with Gasteiger partial charge in [0.25, 0.3) is 0 Å². The van der Waals surface area contributed by atoms with Gasteiger partial charge in [-0.3, -0.25) is 9.69 Å². The molecule has 1 amide bonds. The van der Waals surface area contributed by atoms with Gasteiger partial charge >= 0.3 is 0 Å². The zero-order chi connectivity index (χ0) is 23.8. The van der Waals surface area contributed by atoms with Gasteiger partial charge in [0.05, 0.1) is 29.7 Å².